The van der Waals surface area contributed by atoms with Gasteiger partial charge in [-0.15, -0.1) is 0 Å². The number of hydrogen-bond acceptors (Lipinski definition) is 8. The molecule has 0 radical (unpaired) electrons. The second kappa shape index (κ2) is 7.01. The molecule has 2 saturated heterocycles. The van der Waals surface area contributed by atoms with Gasteiger partial charge in [0.2, 0.25) is 5.95 Å². The Morgan fingerprint density at radius 2 is 1.73 bits per heavy atom. The minimum absolute atomic E-state index is 0.194. The molecule has 3 aromatic rings. The number of hydrogen-bond donors (Lipinski definition) is 1. The highest BCUT2D eigenvalue weighted by Crippen LogP contribution is 2.47. The van der Waals surface area contributed by atoms with Crippen molar-refractivity contribution in [2.75, 3.05) is 51.2 Å². The minimum Gasteiger partial charge on any atom is -0.495 e. The molecule has 2 fully saturated rings. The molecule has 156 valence electrons. The van der Waals surface area contributed by atoms with Gasteiger partial charge in [-0.05, 0) is 6.07 Å². The first-order valence-corrected chi connectivity index (χ1v) is 10.1. The van der Waals surface area contributed by atoms with Crippen LogP contribution in [0, 0.1) is 5.41 Å². The van der Waals surface area contributed by atoms with E-state index >= 15 is 0 Å². The average molecular weight is 448 g/mol. The molecule has 0 saturated carbocycles. The van der Waals surface area contributed by atoms with Crippen LogP contribution in [0.1, 0.15) is 0 Å². The average Bonchev–Trinajstić information content (AvgIpc) is 2.66. The third-order valence-corrected chi connectivity index (χ3v) is 6.31. The first-order chi connectivity index (χ1) is 14.4. The molecule has 1 aromatic carbocycles. The lowest BCUT2D eigenvalue weighted by molar-refractivity contribution is -0.127. The summed E-state index contributed by atoms with van der Waals surface area (Å²) in [5.74, 6) is 1.79. The summed E-state index contributed by atoms with van der Waals surface area (Å²) in [6.07, 6.45) is 1.67. The number of pyridine rings is 1. The zero-order chi connectivity index (χ0) is 21.0. The Kier molecular flexibility index (Phi) is 4.53. The molecule has 2 N–H and O–H groups in total. The molecule has 2 aliphatic rings. The number of benzene rings is 1. The summed E-state index contributed by atoms with van der Waals surface area (Å²) in [6, 6.07) is 3.49. The SMILES string of the molecule is COc1cc(OC)c(Cl)c(-c2cc3cnc(N)nc3c(N3CC4(COC4)C3)n2)c1Cl. The Hall–Kier alpha value is -2.55. The first kappa shape index (κ1) is 19.4. The summed E-state index contributed by atoms with van der Waals surface area (Å²) >= 11 is 13.2. The maximum absolute atomic E-state index is 6.62. The third kappa shape index (κ3) is 2.90. The Labute approximate surface area is 182 Å². The van der Waals surface area contributed by atoms with E-state index in [1.807, 2.05) is 6.07 Å². The van der Waals surface area contributed by atoms with Gasteiger partial charge in [-0.25, -0.2) is 15.0 Å². The number of ether oxygens (including phenoxy) is 3. The van der Waals surface area contributed by atoms with Gasteiger partial charge in [0.25, 0.3) is 0 Å². The molecule has 30 heavy (non-hydrogen) atoms. The number of nitrogens with zero attached hydrogens (tertiary/aromatic N) is 4. The van der Waals surface area contributed by atoms with Crippen LogP contribution in [-0.4, -0.2) is 55.5 Å². The zero-order valence-electron chi connectivity index (χ0n) is 16.4. The van der Waals surface area contributed by atoms with Gasteiger partial charge in [-0.2, -0.15) is 0 Å². The van der Waals surface area contributed by atoms with Crippen molar-refractivity contribution in [2.24, 2.45) is 5.41 Å². The summed E-state index contributed by atoms with van der Waals surface area (Å²) < 4.78 is 16.2. The molecule has 2 aliphatic heterocycles. The molecular weight excluding hydrogens is 429 g/mol. The fourth-order valence-electron chi connectivity index (χ4n) is 3.98. The van der Waals surface area contributed by atoms with Crippen molar-refractivity contribution in [1.29, 1.82) is 0 Å². The van der Waals surface area contributed by atoms with Crippen LogP contribution < -0.4 is 20.1 Å². The van der Waals surface area contributed by atoms with E-state index in [0.717, 1.165) is 31.7 Å². The Morgan fingerprint density at radius 3 is 2.30 bits per heavy atom. The lowest BCUT2D eigenvalue weighted by Gasteiger charge is -2.55. The second-order valence-corrected chi connectivity index (χ2v) is 8.39. The lowest BCUT2D eigenvalue weighted by atomic mass is 9.78. The molecule has 0 bridgehead atoms. The molecule has 8 nitrogen and oxygen atoms in total. The topological polar surface area (TPSA) is 95.6 Å². The van der Waals surface area contributed by atoms with Crippen LogP contribution in [0.15, 0.2) is 18.3 Å². The summed E-state index contributed by atoms with van der Waals surface area (Å²) in [5.41, 5.74) is 7.84. The van der Waals surface area contributed by atoms with Crippen molar-refractivity contribution < 1.29 is 14.2 Å². The zero-order valence-corrected chi connectivity index (χ0v) is 17.9. The molecule has 1 spiro atoms. The van der Waals surface area contributed by atoms with Gasteiger partial charge >= 0.3 is 0 Å². The number of methoxy groups -OCH3 is 2. The van der Waals surface area contributed by atoms with E-state index in [4.69, 9.17) is 48.1 Å². The van der Waals surface area contributed by atoms with Crippen LogP contribution in [0.3, 0.4) is 0 Å². The van der Waals surface area contributed by atoms with Crippen molar-refractivity contribution in [3.8, 4) is 22.8 Å². The lowest BCUT2D eigenvalue weighted by Crippen LogP contribution is -2.66. The largest absolute Gasteiger partial charge is 0.495 e. The third-order valence-electron chi connectivity index (χ3n) is 5.56. The number of fused-ring (bicyclic) bond motifs is 1. The van der Waals surface area contributed by atoms with Gasteiger partial charge < -0.3 is 24.8 Å². The predicted octanol–water partition coefficient (Wildman–Crippen LogP) is 3.43. The van der Waals surface area contributed by atoms with Gasteiger partial charge in [0.15, 0.2) is 5.82 Å². The fourth-order valence-corrected chi connectivity index (χ4v) is 4.68. The highest BCUT2D eigenvalue weighted by molar-refractivity contribution is 6.41. The van der Waals surface area contributed by atoms with E-state index < -0.39 is 0 Å². The molecule has 5 rings (SSSR count). The van der Waals surface area contributed by atoms with E-state index in [9.17, 15) is 0 Å². The number of rotatable bonds is 4. The molecule has 4 heterocycles. The first-order valence-electron chi connectivity index (χ1n) is 9.31. The Balaban J connectivity index is 1.70. The molecule has 0 atom stereocenters. The van der Waals surface area contributed by atoms with Crippen LogP contribution in [-0.2, 0) is 4.74 Å². The van der Waals surface area contributed by atoms with Crippen molar-refractivity contribution in [3.05, 3.63) is 28.4 Å². The van der Waals surface area contributed by atoms with Gasteiger partial charge in [-0.1, -0.05) is 23.2 Å². The molecule has 2 aromatic heterocycles. The summed E-state index contributed by atoms with van der Waals surface area (Å²) in [4.78, 5) is 15.6. The van der Waals surface area contributed by atoms with Crippen LogP contribution in [0.25, 0.3) is 22.2 Å². The number of aromatic nitrogens is 3. The van der Waals surface area contributed by atoms with Gasteiger partial charge in [0.05, 0.1) is 48.6 Å². The Bertz CT molecular complexity index is 1130. The molecule has 10 heteroatoms. The molecule has 0 unspecified atom stereocenters. The monoisotopic (exact) mass is 447 g/mol. The van der Waals surface area contributed by atoms with E-state index in [0.29, 0.717) is 44.1 Å². The van der Waals surface area contributed by atoms with E-state index in [2.05, 4.69) is 14.9 Å². The number of halogens is 2. The maximum Gasteiger partial charge on any atom is 0.220 e. The van der Waals surface area contributed by atoms with E-state index in [1.54, 1.807) is 12.3 Å². The fraction of sp³-hybridized carbons (Fsp3) is 0.350. The van der Waals surface area contributed by atoms with Crippen LogP contribution >= 0.6 is 23.2 Å². The minimum atomic E-state index is 0.194. The summed E-state index contributed by atoms with van der Waals surface area (Å²) in [6.45, 7) is 3.21. The summed E-state index contributed by atoms with van der Waals surface area (Å²) in [5, 5.41) is 1.49. The number of anilines is 2. The predicted molar refractivity (Wildman–Crippen MR) is 116 cm³/mol. The van der Waals surface area contributed by atoms with Crippen molar-refractivity contribution in [1.82, 2.24) is 15.0 Å². The van der Waals surface area contributed by atoms with Crippen molar-refractivity contribution in [3.63, 3.8) is 0 Å². The number of nitrogens with two attached hydrogens (primary N) is 1. The second-order valence-electron chi connectivity index (χ2n) is 7.63. The van der Waals surface area contributed by atoms with Gasteiger partial charge in [0, 0.05) is 36.3 Å². The molecule has 0 amide bonds. The molecular formula is C20H19Cl2N5O3. The van der Waals surface area contributed by atoms with Gasteiger partial charge in [0.1, 0.15) is 17.0 Å². The highest BCUT2D eigenvalue weighted by atomic mass is 35.5. The number of nitrogen functional groups attached to an aromatic ring is 1. The quantitative estimate of drug-likeness (QED) is 0.649. The van der Waals surface area contributed by atoms with E-state index in [1.165, 1.54) is 14.2 Å². The molecule has 0 aliphatic carbocycles. The highest BCUT2D eigenvalue weighted by Gasteiger charge is 2.50. The Morgan fingerprint density at radius 1 is 1.07 bits per heavy atom. The van der Waals surface area contributed by atoms with Gasteiger partial charge in [-0.3, -0.25) is 0 Å². The van der Waals surface area contributed by atoms with Crippen molar-refractivity contribution in [2.45, 2.75) is 0 Å². The van der Waals surface area contributed by atoms with E-state index in [-0.39, 0.29) is 11.4 Å². The van der Waals surface area contributed by atoms with Crippen LogP contribution in [0.2, 0.25) is 10.0 Å². The summed E-state index contributed by atoms with van der Waals surface area (Å²) in [7, 11) is 3.07. The smallest absolute Gasteiger partial charge is 0.220 e. The maximum atomic E-state index is 6.62. The van der Waals surface area contributed by atoms with Crippen molar-refractivity contribution >= 4 is 45.9 Å². The normalized spacial score (nSPS) is 17.0. The van der Waals surface area contributed by atoms with Crippen LogP contribution in [0.4, 0.5) is 11.8 Å². The van der Waals surface area contributed by atoms with Crippen LogP contribution in [0.5, 0.6) is 11.5 Å². The standard InChI is InChI=1S/C20H19Cl2N5O3/c1-28-12-4-13(29-2)16(22)14(15(12)21)11-3-10-5-24-19(23)26-17(10)18(25-11)27-6-20(7-27)8-30-9-20/h3-5H,6-9H2,1-2H3,(H2,23,24,26).